The number of ether oxygens (including phenoxy) is 2. The van der Waals surface area contributed by atoms with Crippen LogP contribution in [0.2, 0.25) is 0 Å². The first-order chi connectivity index (χ1) is 7.78. The molecule has 0 aromatic carbocycles. The molecule has 1 amide bonds. The first kappa shape index (κ1) is 12.2. The van der Waals surface area contributed by atoms with Gasteiger partial charge in [0.25, 0.3) is 0 Å². The van der Waals surface area contributed by atoms with Crippen molar-refractivity contribution in [3.8, 4) is 0 Å². The number of hydrogen-bond donors (Lipinski definition) is 1. The van der Waals surface area contributed by atoms with Crippen LogP contribution in [-0.4, -0.2) is 52.5 Å². The van der Waals surface area contributed by atoms with Gasteiger partial charge in [0.1, 0.15) is 11.7 Å². The normalized spacial score (nSPS) is 32.4. The maximum absolute atomic E-state index is 11.9. The molecule has 3 atom stereocenters. The van der Waals surface area contributed by atoms with Crippen molar-refractivity contribution in [3.05, 3.63) is 0 Å². The van der Waals surface area contributed by atoms with E-state index < -0.39 is 29.9 Å². The van der Waals surface area contributed by atoms with Crippen LogP contribution in [0.15, 0.2) is 0 Å². The average molecular weight is 243 g/mol. The Labute approximate surface area is 99.5 Å². The highest BCUT2D eigenvalue weighted by Gasteiger charge is 2.51. The molecule has 1 unspecified atom stereocenters. The van der Waals surface area contributed by atoms with E-state index in [9.17, 15) is 14.7 Å². The molecule has 0 radical (unpaired) electrons. The highest BCUT2D eigenvalue weighted by atomic mass is 16.6. The van der Waals surface area contributed by atoms with E-state index in [4.69, 9.17) is 9.47 Å². The minimum atomic E-state index is -0.820. The highest BCUT2D eigenvalue weighted by molar-refractivity contribution is 5.76. The quantitative estimate of drug-likeness (QED) is 0.618. The van der Waals surface area contributed by atoms with Gasteiger partial charge in [0, 0.05) is 0 Å². The van der Waals surface area contributed by atoms with E-state index >= 15 is 0 Å². The molecule has 2 rings (SSSR count). The fraction of sp³-hybridized carbons (Fsp3) is 0.818. The Morgan fingerprint density at radius 2 is 2.18 bits per heavy atom. The van der Waals surface area contributed by atoms with Crippen LogP contribution >= 0.6 is 0 Å². The minimum absolute atomic E-state index is 0.126. The topological polar surface area (TPSA) is 76.1 Å². The van der Waals surface area contributed by atoms with Crippen LogP contribution in [0.25, 0.3) is 0 Å². The van der Waals surface area contributed by atoms with Gasteiger partial charge in [0.2, 0.25) is 0 Å². The number of aliphatic hydroxyl groups excluding tert-OH is 1. The van der Waals surface area contributed by atoms with Crippen LogP contribution in [0.5, 0.6) is 0 Å². The van der Waals surface area contributed by atoms with Crippen LogP contribution < -0.4 is 0 Å². The van der Waals surface area contributed by atoms with Crippen LogP contribution in [0.1, 0.15) is 27.2 Å². The van der Waals surface area contributed by atoms with E-state index in [0.717, 1.165) is 0 Å². The first-order valence-corrected chi connectivity index (χ1v) is 5.65. The van der Waals surface area contributed by atoms with Crippen molar-refractivity contribution < 1.29 is 24.2 Å². The lowest BCUT2D eigenvalue weighted by Crippen LogP contribution is -2.41. The molecule has 6 heteroatoms. The molecule has 0 aliphatic carbocycles. The number of fused-ring (bicyclic) bond motifs is 1. The van der Waals surface area contributed by atoms with Gasteiger partial charge >= 0.3 is 12.1 Å². The molecule has 0 aromatic heterocycles. The number of nitrogens with zero attached hydrogens (tertiary/aromatic N) is 1. The number of esters is 1. The van der Waals surface area contributed by atoms with Crippen LogP contribution in [0.3, 0.4) is 0 Å². The van der Waals surface area contributed by atoms with Gasteiger partial charge in [-0.15, -0.1) is 0 Å². The molecule has 6 nitrogen and oxygen atoms in total. The van der Waals surface area contributed by atoms with E-state index in [2.05, 4.69) is 0 Å². The summed E-state index contributed by atoms with van der Waals surface area (Å²) >= 11 is 0. The zero-order chi connectivity index (χ0) is 12.8. The van der Waals surface area contributed by atoms with E-state index in [1.54, 1.807) is 20.8 Å². The number of carbonyl (C=O) groups excluding carboxylic acids is 2. The predicted octanol–water partition coefficient (Wildman–Crippen LogP) is 0.282. The lowest BCUT2D eigenvalue weighted by Gasteiger charge is -2.26. The monoisotopic (exact) mass is 243 g/mol. The zero-order valence-corrected chi connectivity index (χ0v) is 10.2. The standard InChI is InChI=1S/C11H17NO5/c1-11(2,3)17-10(15)12-5-7(13)9-6(12)4-8(14)16-9/h6-7,9,13H,4-5H2,1-3H3/t6?,7-,9+/m1/s1. The van der Waals surface area contributed by atoms with E-state index in [1.807, 2.05) is 0 Å². The van der Waals surface area contributed by atoms with Crippen LogP contribution in [-0.2, 0) is 14.3 Å². The Kier molecular flexibility index (Phi) is 2.77. The lowest BCUT2D eigenvalue weighted by molar-refractivity contribution is -0.144. The third-order valence-electron chi connectivity index (χ3n) is 2.81. The Morgan fingerprint density at radius 1 is 1.53 bits per heavy atom. The SMILES string of the molecule is CC(C)(C)OC(=O)N1C[C@@H](O)[C@H]2OC(=O)CC21. The number of β-amino-alcohol motifs (C(OH)–C–C–N with tert-alkyl or cyclic N) is 1. The average Bonchev–Trinajstić information content (AvgIpc) is 2.63. The van der Waals surface area contributed by atoms with Crippen molar-refractivity contribution in [2.75, 3.05) is 6.54 Å². The van der Waals surface area contributed by atoms with Gasteiger partial charge in [-0.1, -0.05) is 0 Å². The second-order valence-electron chi connectivity index (χ2n) is 5.43. The number of aliphatic hydroxyl groups is 1. The van der Waals surface area contributed by atoms with Crippen molar-refractivity contribution in [1.82, 2.24) is 4.90 Å². The summed E-state index contributed by atoms with van der Waals surface area (Å²) in [7, 11) is 0. The number of hydrogen-bond acceptors (Lipinski definition) is 5. The second kappa shape index (κ2) is 3.87. The zero-order valence-electron chi connectivity index (χ0n) is 10.2. The van der Waals surface area contributed by atoms with Crippen molar-refractivity contribution in [2.24, 2.45) is 0 Å². The van der Waals surface area contributed by atoms with Gasteiger partial charge in [-0.2, -0.15) is 0 Å². The summed E-state index contributed by atoms with van der Waals surface area (Å²) in [4.78, 5) is 24.4. The summed E-state index contributed by atoms with van der Waals surface area (Å²) < 4.78 is 10.2. The number of amides is 1. The molecule has 0 spiro atoms. The van der Waals surface area contributed by atoms with Gasteiger partial charge in [0.05, 0.1) is 19.0 Å². The van der Waals surface area contributed by atoms with Gasteiger partial charge in [-0.3, -0.25) is 9.69 Å². The summed E-state index contributed by atoms with van der Waals surface area (Å²) in [5.41, 5.74) is -0.594. The number of carbonyl (C=O) groups is 2. The Balaban J connectivity index is 2.07. The second-order valence-corrected chi connectivity index (χ2v) is 5.43. The minimum Gasteiger partial charge on any atom is -0.457 e. The Morgan fingerprint density at radius 3 is 2.76 bits per heavy atom. The third-order valence-corrected chi connectivity index (χ3v) is 2.81. The summed E-state index contributed by atoms with van der Waals surface area (Å²) in [5.74, 6) is -0.382. The Bertz CT molecular complexity index is 348. The molecule has 0 bridgehead atoms. The lowest BCUT2D eigenvalue weighted by atomic mass is 10.1. The molecule has 17 heavy (non-hydrogen) atoms. The molecule has 2 aliphatic heterocycles. The Hall–Kier alpha value is -1.30. The van der Waals surface area contributed by atoms with Gasteiger partial charge < -0.3 is 14.6 Å². The summed E-state index contributed by atoms with van der Waals surface area (Å²) in [6, 6.07) is -0.396. The summed E-state index contributed by atoms with van der Waals surface area (Å²) in [5, 5.41) is 9.71. The van der Waals surface area contributed by atoms with Crippen LogP contribution in [0.4, 0.5) is 4.79 Å². The van der Waals surface area contributed by atoms with Gasteiger partial charge in [-0.05, 0) is 20.8 Å². The summed E-state index contributed by atoms with van der Waals surface area (Å²) in [6.45, 7) is 5.46. The number of rotatable bonds is 0. The molecule has 0 aromatic rings. The molecule has 0 saturated carbocycles. The first-order valence-electron chi connectivity index (χ1n) is 5.65. The number of likely N-dealkylation sites (tertiary alicyclic amines) is 1. The van der Waals surface area contributed by atoms with E-state index in [-0.39, 0.29) is 18.9 Å². The maximum atomic E-state index is 11.9. The van der Waals surface area contributed by atoms with E-state index in [1.165, 1.54) is 4.90 Å². The molecule has 96 valence electrons. The molecular formula is C11H17NO5. The molecular weight excluding hydrogens is 226 g/mol. The van der Waals surface area contributed by atoms with Crippen molar-refractivity contribution in [3.63, 3.8) is 0 Å². The maximum Gasteiger partial charge on any atom is 0.410 e. The molecule has 2 fully saturated rings. The fourth-order valence-electron chi connectivity index (χ4n) is 2.16. The fourth-order valence-corrected chi connectivity index (χ4v) is 2.16. The van der Waals surface area contributed by atoms with Crippen LogP contribution in [0, 0.1) is 0 Å². The smallest absolute Gasteiger partial charge is 0.410 e. The van der Waals surface area contributed by atoms with Crippen molar-refractivity contribution in [1.29, 1.82) is 0 Å². The van der Waals surface area contributed by atoms with Gasteiger partial charge in [-0.25, -0.2) is 4.79 Å². The highest BCUT2D eigenvalue weighted by Crippen LogP contribution is 2.31. The molecule has 2 aliphatic rings. The summed E-state index contributed by atoms with van der Waals surface area (Å²) in [6.07, 6.45) is -1.81. The largest absolute Gasteiger partial charge is 0.457 e. The van der Waals surface area contributed by atoms with Gasteiger partial charge in [0.15, 0.2) is 6.10 Å². The predicted molar refractivity (Wildman–Crippen MR) is 57.2 cm³/mol. The molecule has 2 heterocycles. The van der Waals surface area contributed by atoms with E-state index in [0.29, 0.717) is 0 Å². The van der Waals surface area contributed by atoms with Crippen molar-refractivity contribution in [2.45, 2.75) is 51.0 Å². The third kappa shape index (κ3) is 2.36. The molecule has 1 N–H and O–H groups in total. The molecule has 2 saturated heterocycles. The van der Waals surface area contributed by atoms with Crippen molar-refractivity contribution >= 4 is 12.1 Å².